The molecule has 0 aliphatic carbocycles. The van der Waals surface area contributed by atoms with Crippen molar-refractivity contribution in [2.24, 2.45) is 0 Å². The van der Waals surface area contributed by atoms with E-state index >= 15 is 0 Å². The molecule has 0 aromatic heterocycles. The summed E-state index contributed by atoms with van der Waals surface area (Å²) in [6.07, 6.45) is 6.68. The second-order valence-electron chi connectivity index (χ2n) is 5.33. The predicted molar refractivity (Wildman–Crippen MR) is 76.9 cm³/mol. The lowest BCUT2D eigenvalue weighted by Crippen LogP contribution is -2.45. The van der Waals surface area contributed by atoms with Gasteiger partial charge in [0.2, 0.25) is 5.91 Å². The zero-order chi connectivity index (χ0) is 13.4. The first-order valence-electron chi connectivity index (χ1n) is 6.75. The molecule has 1 fully saturated rings. The van der Waals surface area contributed by atoms with Gasteiger partial charge < -0.3 is 15.3 Å². The van der Waals surface area contributed by atoms with Gasteiger partial charge in [-0.3, -0.25) is 4.79 Å². The van der Waals surface area contributed by atoms with E-state index in [0.717, 1.165) is 25.9 Å². The SMILES string of the molecule is CSCC(C)(O)CNCC(=O)N1CCCCCC1. The van der Waals surface area contributed by atoms with E-state index in [2.05, 4.69) is 5.32 Å². The van der Waals surface area contributed by atoms with Gasteiger partial charge in [0.05, 0.1) is 12.1 Å². The Balaban J connectivity index is 2.23. The average Bonchev–Trinajstić information content (AvgIpc) is 2.56. The summed E-state index contributed by atoms with van der Waals surface area (Å²) in [5, 5.41) is 13.0. The molecule has 1 aliphatic heterocycles. The number of hydrogen-bond acceptors (Lipinski definition) is 4. The number of aliphatic hydroxyl groups is 1. The molecule has 4 nitrogen and oxygen atoms in total. The molecule has 106 valence electrons. The van der Waals surface area contributed by atoms with Crippen molar-refractivity contribution in [3.8, 4) is 0 Å². The Morgan fingerprint density at radius 1 is 1.33 bits per heavy atom. The lowest BCUT2D eigenvalue weighted by atomic mass is 10.1. The molecular formula is C13H26N2O2S. The highest BCUT2D eigenvalue weighted by Crippen LogP contribution is 2.10. The van der Waals surface area contributed by atoms with Crippen molar-refractivity contribution < 1.29 is 9.90 Å². The molecular weight excluding hydrogens is 248 g/mol. The first-order valence-corrected chi connectivity index (χ1v) is 8.14. The zero-order valence-electron chi connectivity index (χ0n) is 11.6. The van der Waals surface area contributed by atoms with E-state index in [9.17, 15) is 9.90 Å². The third kappa shape index (κ3) is 6.07. The molecule has 1 saturated heterocycles. The van der Waals surface area contributed by atoms with Crippen LogP contribution in [0.1, 0.15) is 32.6 Å². The first-order chi connectivity index (χ1) is 8.55. The molecule has 0 bridgehead atoms. The van der Waals surface area contributed by atoms with Crippen molar-refractivity contribution in [2.75, 3.05) is 38.2 Å². The van der Waals surface area contributed by atoms with Crippen LogP contribution in [0, 0.1) is 0 Å². The van der Waals surface area contributed by atoms with E-state index in [4.69, 9.17) is 0 Å². The van der Waals surface area contributed by atoms with E-state index in [1.54, 1.807) is 18.7 Å². The van der Waals surface area contributed by atoms with Crippen LogP contribution in [0.3, 0.4) is 0 Å². The number of carbonyl (C=O) groups is 1. The van der Waals surface area contributed by atoms with E-state index in [1.807, 2.05) is 11.2 Å². The van der Waals surface area contributed by atoms with E-state index in [1.165, 1.54) is 12.8 Å². The van der Waals surface area contributed by atoms with Gasteiger partial charge in [-0.15, -0.1) is 0 Å². The number of hydrogen-bond donors (Lipinski definition) is 2. The van der Waals surface area contributed by atoms with Gasteiger partial charge in [0.25, 0.3) is 0 Å². The topological polar surface area (TPSA) is 52.6 Å². The minimum atomic E-state index is -0.738. The van der Waals surface area contributed by atoms with Crippen LogP contribution in [-0.2, 0) is 4.79 Å². The van der Waals surface area contributed by atoms with Crippen LogP contribution in [0.2, 0.25) is 0 Å². The normalized spacial score (nSPS) is 20.3. The molecule has 1 aliphatic rings. The fourth-order valence-corrected chi connectivity index (χ4v) is 2.96. The Morgan fingerprint density at radius 3 is 2.50 bits per heavy atom. The van der Waals surface area contributed by atoms with Crippen molar-refractivity contribution in [1.29, 1.82) is 0 Å². The van der Waals surface area contributed by atoms with Gasteiger partial charge in [-0.2, -0.15) is 11.8 Å². The second-order valence-corrected chi connectivity index (χ2v) is 6.19. The molecule has 1 amide bonds. The third-order valence-corrected chi connectivity index (χ3v) is 4.11. The van der Waals surface area contributed by atoms with Gasteiger partial charge in [0.15, 0.2) is 0 Å². The van der Waals surface area contributed by atoms with Crippen molar-refractivity contribution >= 4 is 17.7 Å². The molecule has 0 aromatic carbocycles. The number of amides is 1. The standard InChI is InChI=1S/C13H26N2O2S/c1-13(17,11-18-2)10-14-9-12(16)15-7-5-3-4-6-8-15/h14,17H,3-11H2,1-2H3. The molecule has 0 saturated carbocycles. The van der Waals surface area contributed by atoms with Crippen molar-refractivity contribution in [1.82, 2.24) is 10.2 Å². The molecule has 1 rings (SSSR count). The monoisotopic (exact) mass is 274 g/mol. The second kappa shape index (κ2) is 8.02. The molecule has 0 spiro atoms. The van der Waals surface area contributed by atoms with E-state index < -0.39 is 5.60 Å². The summed E-state index contributed by atoms with van der Waals surface area (Å²) in [4.78, 5) is 13.9. The van der Waals surface area contributed by atoms with Crippen LogP contribution < -0.4 is 5.32 Å². The Hall–Kier alpha value is -0.260. The predicted octanol–water partition coefficient (Wildman–Crippen LogP) is 1.09. The lowest BCUT2D eigenvalue weighted by Gasteiger charge is -2.24. The lowest BCUT2D eigenvalue weighted by molar-refractivity contribution is -0.130. The summed E-state index contributed by atoms with van der Waals surface area (Å²) in [6, 6.07) is 0. The third-order valence-electron chi connectivity index (χ3n) is 3.20. The smallest absolute Gasteiger partial charge is 0.236 e. The number of rotatable bonds is 6. The summed E-state index contributed by atoms with van der Waals surface area (Å²) in [7, 11) is 0. The molecule has 1 atom stereocenters. The van der Waals surface area contributed by atoms with Crippen LogP contribution in [0.15, 0.2) is 0 Å². The highest BCUT2D eigenvalue weighted by molar-refractivity contribution is 7.98. The van der Waals surface area contributed by atoms with Crippen molar-refractivity contribution in [3.05, 3.63) is 0 Å². The van der Waals surface area contributed by atoms with Crippen LogP contribution in [-0.4, -0.2) is 59.7 Å². The minimum absolute atomic E-state index is 0.164. The summed E-state index contributed by atoms with van der Waals surface area (Å²) in [6.45, 7) is 4.38. The van der Waals surface area contributed by atoms with Crippen molar-refractivity contribution in [3.63, 3.8) is 0 Å². The summed E-state index contributed by atoms with van der Waals surface area (Å²) >= 11 is 1.61. The van der Waals surface area contributed by atoms with Crippen LogP contribution in [0.25, 0.3) is 0 Å². The fraction of sp³-hybridized carbons (Fsp3) is 0.923. The molecule has 0 aromatic rings. The molecule has 1 unspecified atom stereocenters. The van der Waals surface area contributed by atoms with Gasteiger partial charge in [-0.25, -0.2) is 0 Å². The van der Waals surface area contributed by atoms with Crippen LogP contribution >= 0.6 is 11.8 Å². The van der Waals surface area contributed by atoms with E-state index in [0.29, 0.717) is 18.8 Å². The number of carbonyl (C=O) groups excluding carboxylic acids is 1. The van der Waals surface area contributed by atoms with Crippen LogP contribution in [0.4, 0.5) is 0 Å². The molecule has 1 heterocycles. The number of nitrogens with zero attached hydrogens (tertiary/aromatic N) is 1. The Kier molecular flexibility index (Phi) is 7.04. The number of likely N-dealkylation sites (tertiary alicyclic amines) is 1. The molecule has 0 radical (unpaired) electrons. The maximum Gasteiger partial charge on any atom is 0.236 e. The quantitative estimate of drug-likeness (QED) is 0.761. The Morgan fingerprint density at radius 2 is 1.94 bits per heavy atom. The maximum atomic E-state index is 12.0. The summed E-state index contributed by atoms with van der Waals surface area (Å²) in [5.41, 5.74) is -0.738. The minimum Gasteiger partial charge on any atom is -0.388 e. The van der Waals surface area contributed by atoms with Gasteiger partial charge >= 0.3 is 0 Å². The fourth-order valence-electron chi connectivity index (χ4n) is 2.23. The largest absolute Gasteiger partial charge is 0.388 e. The van der Waals surface area contributed by atoms with Gasteiger partial charge in [-0.05, 0) is 26.0 Å². The van der Waals surface area contributed by atoms with Crippen LogP contribution in [0.5, 0.6) is 0 Å². The van der Waals surface area contributed by atoms with Gasteiger partial charge in [-0.1, -0.05) is 12.8 Å². The number of nitrogens with one attached hydrogen (secondary N) is 1. The highest BCUT2D eigenvalue weighted by atomic mass is 32.2. The van der Waals surface area contributed by atoms with Crippen molar-refractivity contribution in [2.45, 2.75) is 38.2 Å². The average molecular weight is 274 g/mol. The highest BCUT2D eigenvalue weighted by Gasteiger charge is 2.20. The summed E-state index contributed by atoms with van der Waals surface area (Å²) in [5.74, 6) is 0.842. The maximum absolute atomic E-state index is 12.0. The zero-order valence-corrected chi connectivity index (χ0v) is 12.4. The molecule has 2 N–H and O–H groups in total. The number of thioether (sulfide) groups is 1. The summed E-state index contributed by atoms with van der Waals surface area (Å²) < 4.78 is 0. The van der Waals surface area contributed by atoms with Gasteiger partial charge in [0.1, 0.15) is 0 Å². The molecule has 18 heavy (non-hydrogen) atoms. The van der Waals surface area contributed by atoms with E-state index in [-0.39, 0.29) is 5.91 Å². The first kappa shape index (κ1) is 15.8. The molecule has 5 heteroatoms. The van der Waals surface area contributed by atoms with Gasteiger partial charge in [0, 0.05) is 25.4 Å². The Labute approximate surface area is 115 Å². The Bertz CT molecular complexity index is 251.